The summed E-state index contributed by atoms with van der Waals surface area (Å²) in [5.74, 6) is 2.24. The van der Waals surface area contributed by atoms with Crippen molar-refractivity contribution < 1.29 is 8.42 Å². The summed E-state index contributed by atoms with van der Waals surface area (Å²) in [5.41, 5.74) is 1.05. The molecule has 0 atom stereocenters. The van der Waals surface area contributed by atoms with Gasteiger partial charge in [0.05, 0.1) is 11.4 Å². The van der Waals surface area contributed by atoms with Crippen LogP contribution >= 0.6 is 0 Å². The predicted molar refractivity (Wildman–Crippen MR) is 72.5 cm³/mol. The smallest absolute Gasteiger partial charge is 0.241 e. The van der Waals surface area contributed by atoms with E-state index in [0.717, 1.165) is 25.1 Å². The zero-order valence-corrected chi connectivity index (χ0v) is 11.3. The Morgan fingerprint density at radius 1 is 1.28 bits per heavy atom. The van der Waals surface area contributed by atoms with Crippen LogP contribution in [0.2, 0.25) is 0 Å². The van der Waals surface area contributed by atoms with Gasteiger partial charge in [-0.3, -0.25) is 0 Å². The molecule has 1 aromatic carbocycles. The normalized spacial score (nSPS) is 11.1. The summed E-state index contributed by atoms with van der Waals surface area (Å²) in [6, 6.07) is 6.77. The summed E-state index contributed by atoms with van der Waals surface area (Å²) < 4.78 is 25.8. The van der Waals surface area contributed by atoms with Crippen molar-refractivity contribution in [2.45, 2.75) is 24.8 Å². The quantitative estimate of drug-likeness (QED) is 0.574. The van der Waals surface area contributed by atoms with Crippen molar-refractivity contribution >= 4 is 10.0 Å². The molecular formula is C13H18N2O2S. The van der Waals surface area contributed by atoms with E-state index in [-0.39, 0.29) is 11.4 Å². The van der Waals surface area contributed by atoms with Gasteiger partial charge in [0.2, 0.25) is 10.0 Å². The van der Waals surface area contributed by atoms with Gasteiger partial charge in [-0.05, 0) is 30.7 Å². The third-order valence-corrected chi connectivity index (χ3v) is 3.77. The van der Waals surface area contributed by atoms with Gasteiger partial charge >= 0.3 is 0 Å². The fourth-order valence-corrected chi connectivity index (χ4v) is 2.35. The van der Waals surface area contributed by atoms with Crippen molar-refractivity contribution in [3.8, 4) is 12.3 Å². The second kappa shape index (κ2) is 7.17. The highest BCUT2D eigenvalue weighted by Crippen LogP contribution is 2.10. The molecule has 0 saturated carbocycles. The first-order valence-electron chi connectivity index (χ1n) is 5.83. The predicted octanol–water partition coefficient (Wildman–Crippen LogP) is 1.10. The van der Waals surface area contributed by atoms with Crippen molar-refractivity contribution in [3.63, 3.8) is 0 Å². The van der Waals surface area contributed by atoms with Crippen LogP contribution in [0.4, 0.5) is 0 Å². The average molecular weight is 266 g/mol. The highest BCUT2D eigenvalue weighted by atomic mass is 32.2. The third kappa shape index (κ3) is 4.49. The van der Waals surface area contributed by atoms with Gasteiger partial charge in [0.25, 0.3) is 0 Å². The van der Waals surface area contributed by atoms with Crippen LogP contribution < -0.4 is 10.0 Å². The lowest BCUT2D eigenvalue weighted by Crippen LogP contribution is -2.24. The Labute approximate surface area is 109 Å². The van der Waals surface area contributed by atoms with Crippen molar-refractivity contribution in [3.05, 3.63) is 29.8 Å². The zero-order valence-electron chi connectivity index (χ0n) is 10.4. The van der Waals surface area contributed by atoms with E-state index in [2.05, 4.69) is 22.9 Å². The summed E-state index contributed by atoms with van der Waals surface area (Å²) in [6.45, 7) is 3.79. The molecule has 18 heavy (non-hydrogen) atoms. The van der Waals surface area contributed by atoms with Gasteiger partial charge in [-0.2, -0.15) is 4.72 Å². The number of nitrogens with one attached hydrogen (secondary N) is 2. The van der Waals surface area contributed by atoms with Gasteiger partial charge in [-0.25, -0.2) is 8.42 Å². The topological polar surface area (TPSA) is 58.2 Å². The Balaban J connectivity index is 2.68. The van der Waals surface area contributed by atoms with Gasteiger partial charge in [0, 0.05) is 6.54 Å². The van der Waals surface area contributed by atoms with E-state index in [1.165, 1.54) is 0 Å². The second-order valence-corrected chi connectivity index (χ2v) is 5.62. The van der Waals surface area contributed by atoms with Gasteiger partial charge in [-0.1, -0.05) is 25.0 Å². The largest absolute Gasteiger partial charge is 0.313 e. The standard InChI is InChI=1S/C13H18N2O2S/c1-3-9-14-11-12-5-7-13(8-6-12)18(16,17)15-10-4-2/h2,5-8,14-15H,3,9-11H2,1H3. The van der Waals surface area contributed by atoms with Crippen molar-refractivity contribution in [1.82, 2.24) is 10.0 Å². The van der Waals surface area contributed by atoms with Crippen LogP contribution in [-0.4, -0.2) is 21.5 Å². The van der Waals surface area contributed by atoms with E-state index in [1.54, 1.807) is 24.3 Å². The molecule has 0 unspecified atom stereocenters. The number of rotatable bonds is 7. The van der Waals surface area contributed by atoms with E-state index < -0.39 is 10.0 Å². The monoisotopic (exact) mass is 266 g/mol. The molecule has 1 aromatic rings. The third-order valence-electron chi connectivity index (χ3n) is 2.35. The van der Waals surface area contributed by atoms with Gasteiger partial charge in [0.15, 0.2) is 0 Å². The first-order chi connectivity index (χ1) is 8.60. The van der Waals surface area contributed by atoms with Gasteiger partial charge < -0.3 is 5.32 Å². The minimum atomic E-state index is -3.48. The molecule has 4 nitrogen and oxygen atoms in total. The molecule has 2 N–H and O–H groups in total. The molecular weight excluding hydrogens is 248 g/mol. The molecule has 0 radical (unpaired) electrons. The molecule has 0 fully saturated rings. The summed E-state index contributed by atoms with van der Waals surface area (Å²) >= 11 is 0. The summed E-state index contributed by atoms with van der Waals surface area (Å²) in [6.07, 6.45) is 6.09. The molecule has 0 aliphatic heterocycles. The Morgan fingerprint density at radius 2 is 1.94 bits per heavy atom. The van der Waals surface area contributed by atoms with Crippen LogP contribution in [-0.2, 0) is 16.6 Å². The Hall–Kier alpha value is -1.35. The zero-order chi connectivity index (χ0) is 13.4. The minimum Gasteiger partial charge on any atom is -0.313 e. The lowest BCUT2D eigenvalue weighted by molar-refractivity contribution is 0.586. The molecule has 0 spiro atoms. The summed E-state index contributed by atoms with van der Waals surface area (Å²) in [5, 5.41) is 3.25. The highest BCUT2D eigenvalue weighted by molar-refractivity contribution is 7.89. The Bertz CT molecular complexity index is 501. The Kier molecular flexibility index (Phi) is 5.86. The molecule has 1 rings (SSSR count). The molecule has 5 heteroatoms. The lowest BCUT2D eigenvalue weighted by Gasteiger charge is -2.06. The maximum atomic E-state index is 11.7. The fraction of sp³-hybridized carbons (Fsp3) is 0.385. The van der Waals surface area contributed by atoms with Crippen LogP contribution in [0.1, 0.15) is 18.9 Å². The maximum absolute atomic E-state index is 11.7. The van der Waals surface area contributed by atoms with E-state index in [9.17, 15) is 8.42 Å². The SMILES string of the molecule is C#CCNS(=O)(=O)c1ccc(CNCCC)cc1. The molecule has 0 aromatic heterocycles. The number of hydrogen-bond acceptors (Lipinski definition) is 3. The van der Waals surface area contributed by atoms with Crippen molar-refractivity contribution in [2.75, 3.05) is 13.1 Å². The molecule has 0 aliphatic rings. The van der Waals surface area contributed by atoms with Crippen molar-refractivity contribution in [1.29, 1.82) is 0 Å². The van der Waals surface area contributed by atoms with E-state index >= 15 is 0 Å². The van der Waals surface area contributed by atoms with E-state index in [4.69, 9.17) is 6.42 Å². The first kappa shape index (κ1) is 14.7. The van der Waals surface area contributed by atoms with Gasteiger partial charge in [-0.15, -0.1) is 6.42 Å². The molecule has 0 aliphatic carbocycles. The van der Waals surface area contributed by atoms with E-state index in [0.29, 0.717) is 0 Å². The molecule has 98 valence electrons. The molecule has 0 saturated heterocycles. The van der Waals surface area contributed by atoms with Crippen LogP contribution in [0.5, 0.6) is 0 Å². The lowest BCUT2D eigenvalue weighted by atomic mass is 10.2. The summed E-state index contributed by atoms with van der Waals surface area (Å²) in [7, 11) is -3.48. The number of terminal acetylenes is 1. The minimum absolute atomic E-state index is 0.00212. The first-order valence-corrected chi connectivity index (χ1v) is 7.31. The number of benzene rings is 1. The van der Waals surface area contributed by atoms with Crippen LogP contribution in [0.25, 0.3) is 0 Å². The second-order valence-electron chi connectivity index (χ2n) is 3.85. The number of sulfonamides is 1. The molecule has 0 bridgehead atoms. The van der Waals surface area contributed by atoms with Crippen LogP contribution in [0.3, 0.4) is 0 Å². The Morgan fingerprint density at radius 3 is 2.50 bits per heavy atom. The molecule has 0 heterocycles. The average Bonchev–Trinajstić information content (AvgIpc) is 2.37. The maximum Gasteiger partial charge on any atom is 0.241 e. The van der Waals surface area contributed by atoms with Crippen LogP contribution in [0, 0.1) is 12.3 Å². The van der Waals surface area contributed by atoms with E-state index in [1.807, 2.05) is 0 Å². The van der Waals surface area contributed by atoms with Crippen LogP contribution in [0.15, 0.2) is 29.2 Å². The number of hydrogen-bond donors (Lipinski definition) is 2. The molecule has 0 amide bonds. The highest BCUT2D eigenvalue weighted by Gasteiger charge is 2.11. The van der Waals surface area contributed by atoms with Crippen molar-refractivity contribution in [2.24, 2.45) is 0 Å². The fourth-order valence-electron chi connectivity index (χ4n) is 1.42. The van der Waals surface area contributed by atoms with Gasteiger partial charge in [0.1, 0.15) is 0 Å². The summed E-state index contributed by atoms with van der Waals surface area (Å²) in [4.78, 5) is 0.233.